The smallest absolute Gasteiger partial charge is 0.0543 e. The average molecular weight is 276 g/mol. The molecule has 4 aliphatic carbocycles. The highest BCUT2D eigenvalue weighted by molar-refractivity contribution is 5.07. The van der Waals surface area contributed by atoms with E-state index in [1.807, 2.05) is 0 Å². The molecule has 7 atom stereocenters. The lowest BCUT2D eigenvalue weighted by Gasteiger charge is -2.60. The van der Waals surface area contributed by atoms with Crippen molar-refractivity contribution in [1.29, 1.82) is 0 Å². The number of hydrogen-bond acceptors (Lipinski definition) is 1. The number of aliphatic hydroxyl groups excluding tert-OH is 1. The largest absolute Gasteiger partial charge is 0.393 e. The Bertz CT molecular complexity index is 391. The van der Waals surface area contributed by atoms with Crippen molar-refractivity contribution in [3.05, 3.63) is 0 Å². The molecule has 0 aromatic heterocycles. The number of rotatable bonds is 0. The van der Waals surface area contributed by atoms with Crippen molar-refractivity contribution < 1.29 is 5.11 Å². The predicted molar refractivity (Wildman–Crippen MR) is 82.4 cm³/mol. The fraction of sp³-hybridized carbons (Fsp3) is 1.00. The van der Waals surface area contributed by atoms with Gasteiger partial charge in [0.1, 0.15) is 0 Å². The molecule has 0 amide bonds. The van der Waals surface area contributed by atoms with Gasteiger partial charge in [0.05, 0.1) is 6.10 Å². The lowest BCUT2D eigenvalue weighted by atomic mass is 9.45. The first-order chi connectivity index (χ1) is 9.53. The summed E-state index contributed by atoms with van der Waals surface area (Å²) in [6.45, 7) is 5.19. The lowest BCUT2D eigenvalue weighted by Crippen LogP contribution is -2.53. The van der Waals surface area contributed by atoms with E-state index in [1.165, 1.54) is 51.4 Å². The van der Waals surface area contributed by atoms with E-state index in [9.17, 15) is 5.11 Å². The maximum absolute atomic E-state index is 10.0. The Morgan fingerprint density at radius 3 is 2.55 bits per heavy atom. The van der Waals surface area contributed by atoms with Crippen LogP contribution in [0.4, 0.5) is 0 Å². The van der Waals surface area contributed by atoms with Crippen LogP contribution in [0.15, 0.2) is 0 Å². The van der Waals surface area contributed by atoms with E-state index in [0.29, 0.717) is 10.8 Å². The number of hydrogen-bond donors (Lipinski definition) is 1. The van der Waals surface area contributed by atoms with Gasteiger partial charge in [0.15, 0.2) is 0 Å². The molecule has 4 aliphatic rings. The molecule has 1 nitrogen and oxygen atoms in total. The molecule has 0 unspecified atom stereocenters. The topological polar surface area (TPSA) is 20.2 Å². The first-order valence-corrected chi connectivity index (χ1v) is 9.21. The molecule has 0 aromatic carbocycles. The summed E-state index contributed by atoms with van der Waals surface area (Å²) in [5.74, 6) is 3.85. The van der Waals surface area contributed by atoms with Crippen LogP contribution in [-0.2, 0) is 0 Å². The first kappa shape index (κ1) is 13.6. The number of fused-ring (bicyclic) bond motifs is 5. The summed E-state index contributed by atoms with van der Waals surface area (Å²) in [6.07, 6.45) is 13.8. The summed E-state index contributed by atoms with van der Waals surface area (Å²) in [4.78, 5) is 0. The van der Waals surface area contributed by atoms with Gasteiger partial charge in [-0.25, -0.2) is 0 Å². The zero-order chi connectivity index (χ0) is 14.0. The second-order valence-corrected chi connectivity index (χ2v) is 9.17. The molecule has 4 rings (SSSR count). The summed E-state index contributed by atoms with van der Waals surface area (Å²) in [7, 11) is 0. The fourth-order valence-electron chi connectivity index (χ4n) is 7.23. The molecule has 1 heteroatoms. The Hall–Kier alpha value is -0.0400. The van der Waals surface area contributed by atoms with Gasteiger partial charge in [-0.3, -0.25) is 0 Å². The van der Waals surface area contributed by atoms with Crippen LogP contribution in [-0.4, -0.2) is 11.2 Å². The van der Waals surface area contributed by atoms with E-state index in [-0.39, 0.29) is 6.10 Å². The number of aliphatic hydroxyl groups is 1. The SMILES string of the molecule is C[C@@]12CCC[C@H]1[C@@H]1CC[C@@H]3C[C@H](O)CC[C@]3(C)[C@H]1CC2. The summed E-state index contributed by atoms with van der Waals surface area (Å²) in [6, 6.07) is 0. The molecular weight excluding hydrogens is 244 g/mol. The molecule has 0 heterocycles. The van der Waals surface area contributed by atoms with Crippen LogP contribution in [0.1, 0.15) is 78.1 Å². The van der Waals surface area contributed by atoms with Crippen molar-refractivity contribution in [3.8, 4) is 0 Å². The monoisotopic (exact) mass is 276 g/mol. The van der Waals surface area contributed by atoms with Crippen LogP contribution in [0, 0.1) is 34.5 Å². The van der Waals surface area contributed by atoms with Gasteiger partial charge in [0.2, 0.25) is 0 Å². The van der Waals surface area contributed by atoms with E-state index < -0.39 is 0 Å². The molecule has 114 valence electrons. The van der Waals surface area contributed by atoms with Crippen molar-refractivity contribution >= 4 is 0 Å². The highest BCUT2D eigenvalue weighted by atomic mass is 16.3. The minimum absolute atomic E-state index is 0.00459. The summed E-state index contributed by atoms with van der Waals surface area (Å²) >= 11 is 0. The van der Waals surface area contributed by atoms with E-state index in [4.69, 9.17) is 0 Å². The molecule has 4 fully saturated rings. The van der Waals surface area contributed by atoms with Gasteiger partial charge in [0, 0.05) is 0 Å². The van der Waals surface area contributed by atoms with Gasteiger partial charge in [-0.1, -0.05) is 20.3 Å². The van der Waals surface area contributed by atoms with Gasteiger partial charge in [-0.05, 0) is 92.3 Å². The zero-order valence-electron chi connectivity index (χ0n) is 13.4. The van der Waals surface area contributed by atoms with Crippen LogP contribution in [0.25, 0.3) is 0 Å². The second kappa shape index (κ2) is 4.48. The fourth-order valence-corrected chi connectivity index (χ4v) is 7.23. The minimum atomic E-state index is 0.00459. The zero-order valence-corrected chi connectivity index (χ0v) is 13.4. The maximum Gasteiger partial charge on any atom is 0.0543 e. The molecule has 0 radical (unpaired) electrons. The third kappa shape index (κ3) is 1.77. The minimum Gasteiger partial charge on any atom is -0.393 e. The van der Waals surface area contributed by atoms with Gasteiger partial charge in [-0.15, -0.1) is 0 Å². The van der Waals surface area contributed by atoms with Crippen LogP contribution in [0.5, 0.6) is 0 Å². The van der Waals surface area contributed by atoms with Crippen LogP contribution < -0.4 is 0 Å². The molecule has 0 saturated heterocycles. The molecule has 0 aliphatic heterocycles. The van der Waals surface area contributed by atoms with E-state index >= 15 is 0 Å². The quantitative estimate of drug-likeness (QED) is 0.675. The average Bonchev–Trinajstić information content (AvgIpc) is 2.81. The Balaban J connectivity index is 1.62. The molecule has 0 spiro atoms. The Morgan fingerprint density at radius 1 is 0.850 bits per heavy atom. The van der Waals surface area contributed by atoms with E-state index in [2.05, 4.69) is 13.8 Å². The summed E-state index contributed by atoms with van der Waals surface area (Å²) in [5.41, 5.74) is 1.25. The molecule has 20 heavy (non-hydrogen) atoms. The molecule has 0 bridgehead atoms. The van der Waals surface area contributed by atoms with Crippen molar-refractivity contribution in [2.45, 2.75) is 84.2 Å². The highest BCUT2D eigenvalue weighted by Crippen LogP contribution is 2.66. The van der Waals surface area contributed by atoms with Gasteiger partial charge >= 0.3 is 0 Å². The van der Waals surface area contributed by atoms with Crippen LogP contribution in [0.3, 0.4) is 0 Å². The van der Waals surface area contributed by atoms with E-state index in [0.717, 1.165) is 36.5 Å². The second-order valence-electron chi connectivity index (χ2n) is 9.17. The Kier molecular flexibility index (Phi) is 3.05. The standard InChI is InChI=1S/C19H32O/c1-18-9-3-4-16(18)15-6-5-13-12-14(20)7-11-19(13,2)17(15)8-10-18/h13-17,20H,3-12H2,1-2H3/t13-,14-,15+,16+,17+,18+,19+/m1/s1. The first-order valence-electron chi connectivity index (χ1n) is 9.21. The Labute approximate surface area is 124 Å². The molecule has 1 N–H and O–H groups in total. The van der Waals surface area contributed by atoms with Gasteiger partial charge in [-0.2, -0.15) is 0 Å². The van der Waals surface area contributed by atoms with Crippen molar-refractivity contribution in [3.63, 3.8) is 0 Å². The maximum atomic E-state index is 10.0. The normalized spacial score (nSPS) is 58.6. The van der Waals surface area contributed by atoms with Crippen molar-refractivity contribution in [2.75, 3.05) is 0 Å². The van der Waals surface area contributed by atoms with Crippen LogP contribution >= 0.6 is 0 Å². The van der Waals surface area contributed by atoms with Crippen molar-refractivity contribution in [2.24, 2.45) is 34.5 Å². The van der Waals surface area contributed by atoms with Gasteiger partial charge in [0.25, 0.3) is 0 Å². The third-order valence-electron chi connectivity index (χ3n) is 8.42. The molecule has 0 aromatic rings. The lowest BCUT2D eigenvalue weighted by molar-refractivity contribution is -0.120. The third-order valence-corrected chi connectivity index (χ3v) is 8.42. The predicted octanol–water partition coefficient (Wildman–Crippen LogP) is 4.78. The highest BCUT2D eigenvalue weighted by Gasteiger charge is 2.57. The molecule has 4 saturated carbocycles. The van der Waals surface area contributed by atoms with Crippen LogP contribution in [0.2, 0.25) is 0 Å². The molecular formula is C19H32O. The Morgan fingerprint density at radius 2 is 1.70 bits per heavy atom. The van der Waals surface area contributed by atoms with Gasteiger partial charge < -0.3 is 5.11 Å². The summed E-state index contributed by atoms with van der Waals surface area (Å²) < 4.78 is 0. The van der Waals surface area contributed by atoms with E-state index in [1.54, 1.807) is 0 Å². The van der Waals surface area contributed by atoms with Crippen molar-refractivity contribution in [1.82, 2.24) is 0 Å². The summed E-state index contributed by atoms with van der Waals surface area (Å²) in [5, 5.41) is 10.0.